The summed E-state index contributed by atoms with van der Waals surface area (Å²) in [5, 5.41) is 2.95. The minimum absolute atomic E-state index is 0.261. The molecule has 1 N–H and O–H groups in total. The summed E-state index contributed by atoms with van der Waals surface area (Å²) in [4.78, 5) is 13.9. The van der Waals surface area contributed by atoms with Crippen molar-refractivity contribution in [2.75, 3.05) is 19.7 Å². The largest absolute Gasteiger partial charge is 0.450 e. The van der Waals surface area contributed by atoms with Gasteiger partial charge in [-0.05, 0) is 26.2 Å². The van der Waals surface area contributed by atoms with E-state index in [2.05, 4.69) is 10.2 Å². The highest BCUT2D eigenvalue weighted by atomic mass is 16.5. The summed E-state index contributed by atoms with van der Waals surface area (Å²) in [5.74, 6) is 0. The lowest BCUT2D eigenvalue weighted by atomic mass is 9.94. The zero-order valence-corrected chi connectivity index (χ0v) is 10.8. The number of hydrogen-bond acceptors (Lipinski definition) is 3. The number of likely N-dealkylation sites (tertiary alicyclic amines) is 1. The lowest BCUT2D eigenvalue weighted by Crippen LogP contribution is -2.40. The van der Waals surface area contributed by atoms with Crippen molar-refractivity contribution < 1.29 is 9.53 Å². The van der Waals surface area contributed by atoms with Crippen molar-refractivity contribution in [1.29, 1.82) is 0 Å². The first-order chi connectivity index (χ1) is 8.29. The Morgan fingerprint density at radius 3 is 2.76 bits per heavy atom. The molecule has 17 heavy (non-hydrogen) atoms. The molecule has 98 valence electrons. The smallest absolute Gasteiger partial charge is 0.407 e. The topological polar surface area (TPSA) is 41.6 Å². The van der Waals surface area contributed by atoms with Gasteiger partial charge in [-0.15, -0.1) is 0 Å². The third kappa shape index (κ3) is 3.60. The van der Waals surface area contributed by atoms with Gasteiger partial charge in [0.1, 0.15) is 0 Å². The summed E-state index contributed by atoms with van der Waals surface area (Å²) in [6, 6.07) is 1.05. The van der Waals surface area contributed by atoms with E-state index in [0.717, 1.165) is 25.6 Å². The van der Waals surface area contributed by atoms with Crippen molar-refractivity contribution in [2.45, 2.75) is 57.5 Å². The number of rotatable bonds is 3. The fraction of sp³-hybridized carbons (Fsp3) is 0.923. The fourth-order valence-electron chi connectivity index (χ4n) is 3.02. The number of carbonyl (C=O) groups excluding carboxylic acids is 1. The van der Waals surface area contributed by atoms with Crippen LogP contribution in [0.1, 0.15) is 45.4 Å². The number of ether oxygens (including phenoxy) is 1. The second-order valence-corrected chi connectivity index (χ2v) is 5.14. The molecule has 1 amide bonds. The molecular formula is C13H24N2O2. The van der Waals surface area contributed by atoms with Crippen LogP contribution >= 0.6 is 0 Å². The third-order valence-electron chi connectivity index (χ3n) is 3.91. The lowest BCUT2D eigenvalue weighted by Gasteiger charge is -2.30. The van der Waals surface area contributed by atoms with Crippen molar-refractivity contribution >= 4 is 6.09 Å². The molecule has 2 fully saturated rings. The van der Waals surface area contributed by atoms with Gasteiger partial charge in [0.2, 0.25) is 0 Å². The van der Waals surface area contributed by atoms with Crippen LogP contribution in [0.25, 0.3) is 0 Å². The molecule has 0 radical (unpaired) electrons. The Balaban J connectivity index is 1.73. The molecule has 0 spiro atoms. The van der Waals surface area contributed by atoms with E-state index in [4.69, 9.17) is 4.74 Å². The average Bonchev–Trinajstić information content (AvgIpc) is 2.79. The normalized spacial score (nSPS) is 27.0. The van der Waals surface area contributed by atoms with Crippen molar-refractivity contribution in [2.24, 2.45) is 0 Å². The number of nitrogens with one attached hydrogen (secondary N) is 1. The molecule has 1 saturated carbocycles. The zero-order valence-electron chi connectivity index (χ0n) is 10.8. The Bertz CT molecular complexity index is 252. The first-order valence-corrected chi connectivity index (χ1v) is 6.97. The lowest BCUT2D eigenvalue weighted by molar-refractivity contribution is 0.145. The quantitative estimate of drug-likeness (QED) is 0.821. The van der Waals surface area contributed by atoms with Crippen LogP contribution in [0.2, 0.25) is 0 Å². The molecule has 4 nitrogen and oxygen atoms in total. The molecule has 1 atom stereocenters. The molecule has 1 unspecified atom stereocenters. The average molecular weight is 240 g/mol. The number of alkyl carbamates (subject to hydrolysis) is 1. The maximum Gasteiger partial charge on any atom is 0.407 e. The van der Waals surface area contributed by atoms with E-state index in [1.165, 1.54) is 32.1 Å². The number of carbonyl (C=O) groups is 1. The monoisotopic (exact) mass is 240 g/mol. The molecule has 0 aromatic rings. The van der Waals surface area contributed by atoms with Gasteiger partial charge in [-0.3, -0.25) is 4.90 Å². The van der Waals surface area contributed by atoms with Gasteiger partial charge in [0, 0.05) is 25.2 Å². The van der Waals surface area contributed by atoms with E-state index in [0.29, 0.717) is 6.61 Å². The highest BCUT2D eigenvalue weighted by Crippen LogP contribution is 2.25. The summed E-state index contributed by atoms with van der Waals surface area (Å²) in [7, 11) is 0. The molecule has 0 aromatic heterocycles. The van der Waals surface area contributed by atoms with Gasteiger partial charge < -0.3 is 10.1 Å². The maximum absolute atomic E-state index is 11.3. The van der Waals surface area contributed by atoms with Gasteiger partial charge >= 0.3 is 6.09 Å². The van der Waals surface area contributed by atoms with Crippen LogP contribution < -0.4 is 5.32 Å². The Morgan fingerprint density at radius 2 is 2.06 bits per heavy atom. The summed E-state index contributed by atoms with van der Waals surface area (Å²) in [5.41, 5.74) is 0. The first-order valence-electron chi connectivity index (χ1n) is 6.97. The molecular weight excluding hydrogens is 216 g/mol. The number of amides is 1. The second kappa shape index (κ2) is 6.24. The molecule has 0 aromatic carbocycles. The van der Waals surface area contributed by atoms with Crippen LogP contribution in [0.3, 0.4) is 0 Å². The number of nitrogens with zero attached hydrogens (tertiary/aromatic N) is 1. The Kier molecular flexibility index (Phi) is 4.66. The van der Waals surface area contributed by atoms with Crippen molar-refractivity contribution in [3.8, 4) is 0 Å². The van der Waals surface area contributed by atoms with Gasteiger partial charge in [0.15, 0.2) is 0 Å². The maximum atomic E-state index is 11.3. The Labute approximate surface area is 104 Å². The van der Waals surface area contributed by atoms with Crippen LogP contribution in [0.15, 0.2) is 0 Å². The Hall–Kier alpha value is -0.770. The summed E-state index contributed by atoms with van der Waals surface area (Å²) in [6.45, 7) is 4.42. The van der Waals surface area contributed by atoms with E-state index >= 15 is 0 Å². The Morgan fingerprint density at radius 1 is 1.29 bits per heavy atom. The third-order valence-corrected chi connectivity index (χ3v) is 3.91. The molecule has 2 aliphatic rings. The summed E-state index contributed by atoms with van der Waals surface area (Å²) in [6.07, 6.45) is 7.62. The summed E-state index contributed by atoms with van der Waals surface area (Å²) < 4.78 is 4.92. The second-order valence-electron chi connectivity index (χ2n) is 5.14. The fourth-order valence-corrected chi connectivity index (χ4v) is 3.02. The van der Waals surface area contributed by atoms with Crippen LogP contribution in [0.4, 0.5) is 4.79 Å². The number of hydrogen-bond donors (Lipinski definition) is 1. The van der Waals surface area contributed by atoms with E-state index in [1.807, 2.05) is 6.92 Å². The van der Waals surface area contributed by atoms with Gasteiger partial charge in [0.25, 0.3) is 0 Å². The summed E-state index contributed by atoms with van der Waals surface area (Å²) >= 11 is 0. The van der Waals surface area contributed by atoms with Crippen molar-refractivity contribution in [1.82, 2.24) is 10.2 Å². The van der Waals surface area contributed by atoms with Crippen LogP contribution in [-0.2, 0) is 4.74 Å². The molecule has 1 heterocycles. The molecule has 1 aliphatic carbocycles. The van der Waals surface area contributed by atoms with Crippen LogP contribution in [0, 0.1) is 0 Å². The van der Waals surface area contributed by atoms with E-state index < -0.39 is 0 Å². The predicted molar refractivity (Wildman–Crippen MR) is 67.0 cm³/mol. The van der Waals surface area contributed by atoms with E-state index in [9.17, 15) is 4.79 Å². The SMILES string of the molecule is CCOC(=O)NC1CCN(C2CCCCC2)C1. The minimum Gasteiger partial charge on any atom is -0.450 e. The molecule has 1 aliphatic heterocycles. The van der Waals surface area contributed by atoms with Gasteiger partial charge in [-0.2, -0.15) is 0 Å². The molecule has 2 rings (SSSR count). The van der Waals surface area contributed by atoms with Crippen LogP contribution in [-0.4, -0.2) is 42.8 Å². The first kappa shape index (κ1) is 12.7. The predicted octanol–water partition coefficient (Wildman–Crippen LogP) is 2.14. The van der Waals surface area contributed by atoms with Gasteiger partial charge in [-0.1, -0.05) is 19.3 Å². The van der Waals surface area contributed by atoms with Crippen molar-refractivity contribution in [3.05, 3.63) is 0 Å². The van der Waals surface area contributed by atoms with E-state index in [-0.39, 0.29) is 12.1 Å². The van der Waals surface area contributed by atoms with Gasteiger partial charge in [-0.25, -0.2) is 4.79 Å². The highest BCUT2D eigenvalue weighted by Gasteiger charge is 2.29. The van der Waals surface area contributed by atoms with Gasteiger partial charge in [0.05, 0.1) is 6.61 Å². The zero-order chi connectivity index (χ0) is 12.1. The highest BCUT2D eigenvalue weighted by molar-refractivity contribution is 5.67. The standard InChI is InChI=1S/C13H24N2O2/c1-2-17-13(16)14-11-8-9-15(10-11)12-6-4-3-5-7-12/h11-12H,2-10H2,1H3,(H,14,16). The van der Waals surface area contributed by atoms with Crippen molar-refractivity contribution in [3.63, 3.8) is 0 Å². The molecule has 4 heteroatoms. The molecule has 0 bridgehead atoms. The minimum atomic E-state index is -0.261. The van der Waals surface area contributed by atoms with Crippen LogP contribution in [0.5, 0.6) is 0 Å². The van der Waals surface area contributed by atoms with E-state index in [1.54, 1.807) is 0 Å². The molecule has 1 saturated heterocycles.